The quantitative estimate of drug-likeness (QED) is 0.227. The molecule has 0 aromatic heterocycles. The van der Waals surface area contributed by atoms with Crippen LogP contribution < -0.4 is 0 Å². The van der Waals surface area contributed by atoms with Gasteiger partial charge in [-0.3, -0.25) is 0 Å². The number of fused-ring (bicyclic) bond motifs is 7. The van der Waals surface area contributed by atoms with E-state index in [1.54, 1.807) is 32.6 Å². The van der Waals surface area contributed by atoms with Gasteiger partial charge in [-0.15, -0.1) is 0 Å². The third-order valence-electron chi connectivity index (χ3n) is 19.3. The van der Waals surface area contributed by atoms with Gasteiger partial charge in [0, 0.05) is 5.92 Å². The molecule has 0 aromatic carbocycles. The Labute approximate surface area is 368 Å². The molecule has 0 N–H and O–H groups in total. The first-order valence-corrected chi connectivity index (χ1v) is 26.8. The standard InChI is InChI=1S/C14H24.2C11H20O.C10H16F4.2C4H8/c1-3-9-7-10(4-2)14-12-6-5-11(8-12)13(9)14;2*1-3-8-5-9(4-2)11-7-12-6-10(8)11;1-3-7-5-8(4-2)9(11,6-7)10(12,13)14;2*1-2-4-3-1/h9-14H,3-8H2,1-2H3;2*8-11H,3-7H2,1-2H3;7-8H,3-6H2,1-2H3;2*1-4H2. The van der Waals surface area contributed by atoms with Crippen LogP contribution >= 0.6 is 0 Å². The van der Waals surface area contributed by atoms with Gasteiger partial charge in [0.25, 0.3) is 0 Å². The number of rotatable bonds is 8. The second-order valence-corrected chi connectivity index (χ2v) is 21.9. The summed E-state index contributed by atoms with van der Waals surface area (Å²) < 4.78 is 62.5. The SMILES string of the molecule is C1CCC1.C1CCC1.CCC1CC(CC)C(F)(C(F)(F)F)C1.CCC1CC(CC)C2C3CCC(C3)C12.CCC1CC(CC)C2COCC12.CCC1CC(CC)C2COCC12. The topological polar surface area (TPSA) is 18.5 Å². The fourth-order valence-electron chi connectivity index (χ4n) is 14.7. The summed E-state index contributed by atoms with van der Waals surface area (Å²) in [5.41, 5.74) is -2.93. The summed E-state index contributed by atoms with van der Waals surface area (Å²) in [4.78, 5) is 0. The van der Waals surface area contributed by atoms with E-state index in [9.17, 15) is 17.6 Å². The van der Waals surface area contributed by atoms with Crippen LogP contribution in [0, 0.1) is 94.7 Å². The number of halogens is 4. The third-order valence-corrected chi connectivity index (χ3v) is 19.3. The Hall–Kier alpha value is -0.360. The molecule has 2 aliphatic heterocycles. The van der Waals surface area contributed by atoms with E-state index >= 15 is 0 Å². The summed E-state index contributed by atoms with van der Waals surface area (Å²) in [6, 6.07) is 0. The molecular formula is C54H96F4O2. The van der Waals surface area contributed by atoms with Crippen LogP contribution in [0.3, 0.4) is 0 Å². The molecule has 2 heterocycles. The zero-order valence-electron chi connectivity index (χ0n) is 40.4. The molecule has 0 spiro atoms. The average Bonchev–Trinajstić information content (AvgIpc) is 4.05. The van der Waals surface area contributed by atoms with Crippen LogP contribution in [0.15, 0.2) is 0 Å². The highest BCUT2D eigenvalue weighted by Gasteiger charge is 2.63. The molecule has 17 atom stereocenters. The molecule has 0 amide bonds. The molecule has 0 radical (unpaired) electrons. The molecule has 6 heteroatoms. The van der Waals surface area contributed by atoms with Gasteiger partial charge in [-0.1, -0.05) is 152 Å². The molecule has 8 saturated carbocycles. The smallest absolute Gasteiger partial charge is 0.381 e. The van der Waals surface area contributed by atoms with Crippen molar-refractivity contribution in [2.45, 2.75) is 221 Å². The molecule has 8 aliphatic carbocycles. The van der Waals surface area contributed by atoms with E-state index in [0.717, 1.165) is 97.4 Å². The zero-order chi connectivity index (χ0) is 43.5. The summed E-state index contributed by atoms with van der Waals surface area (Å²) in [6.07, 6.45) is 25.9. The second-order valence-electron chi connectivity index (χ2n) is 21.9. The predicted octanol–water partition coefficient (Wildman–Crippen LogP) is 16.7. The van der Waals surface area contributed by atoms with Crippen LogP contribution in [0.1, 0.15) is 209 Å². The maximum atomic E-state index is 13.8. The number of ether oxygens (including phenoxy) is 2. The molecule has 10 fully saturated rings. The second kappa shape index (κ2) is 24.2. The van der Waals surface area contributed by atoms with Gasteiger partial charge in [0.1, 0.15) is 0 Å². The molecule has 10 rings (SSSR count). The van der Waals surface area contributed by atoms with E-state index in [-0.39, 0.29) is 18.8 Å². The van der Waals surface area contributed by atoms with Crippen LogP contribution in [0.25, 0.3) is 0 Å². The van der Waals surface area contributed by atoms with E-state index in [1.807, 2.05) is 6.92 Å². The molecule has 2 saturated heterocycles. The van der Waals surface area contributed by atoms with Crippen molar-refractivity contribution in [3.05, 3.63) is 0 Å². The van der Waals surface area contributed by atoms with Gasteiger partial charge in [0.2, 0.25) is 5.67 Å². The summed E-state index contributed by atoms with van der Waals surface area (Å²) in [6.45, 7) is 21.8. The molecule has 10 aliphatic rings. The van der Waals surface area contributed by atoms with Gasteiger partial charge >= 0.3 is 6.18 Å². The van der Waals surface area contributed by atoms with Gasteiger partial charge in [-0.2, -0.15) is 13.2 Å². The Morgan fingerprint density at radius 2 is 0.767 bits per heavy atom. The molecule has 60 heavy (non-hydrogen) atoms. The number of hydrogen-bond donors (Lipinski definition) is 0. The first-order chi connectivity index (χ1) is 28.9. The fourth-order valence-corrected chi connectivity index (χ4v) is 14.7. The van der Waals surface area contributed by atoms with Crippen molar-refractivity contribution in [3.63, 3.8) is 0 Å². The minimum Gasteiger partial charge on any atom is -0.381 e. The van der Waals surface area contributed by atoms with Crippen LogP contribution in [-0.4, -0.2) is 38.3 Å². The monoisotopic (exact) mass is 853 g/mol. The summed E-state index contributed by atoms with van der Waals surface area (Å²) in [5.74, 6) is 13.5. The number of hydrogen-bond acceptors (Lipinski definition) is 2. The molecular weight excluding hydrogens is 757 g/mol. The molecule has 17 unspecified atom stereocenters. The fraction of sp³-hybridized carbons (Fsp3) is 1.00. The highest BCUT2D eigenvalue weighted by atomic mass is 19.4. The Bertz CT molecular complexity index is 1080. The van der Waals surface area contributed by atoms with Crippen molar-refractivity contribution in [1.29, 1.82) is 0 Å². The van der Waals surface area contributed by atoms with E-state index in [2.05, 4.69) is 41.5 Å². The first-order valence-electron chi connectivity index (χ1n) is 26.8. The maximum absolute atomic E-state index is 13.8. The normalized spacial score (nSPS) is 43.8. The van der Waals surface area contributed by atoms with Crippen LogP contribution in [0.5, 0.6) is 0 Å². The minimum absolute atomic E-state index is 0.105. The Balaban J connectivity index is 0.000000143. The Morgan fingerprint density at radius 1 is 0.433 bits per heavy atom. The Morgan fingerprint density at radius 3 is 1.02 bits per heavy atom. The van der Waals surface area contributed by atoms with Crippen molar-refractivity contribution in [3.8, 4) is 0 Å². The van der Waals surface area contributed by atoms with Gasteiger partial charge in [-0.05, 0) is 147 Å². The van der Waals surface area contributed by atoms with Crippen molar-refractivity contribution in [1.82, 2.24) is 0 Å². The van der Waals surface area contributed by atoms with Gasteiger partial charge < -0.3 is 9.47 Å². The predicted molar refractivity (Wildman–Crippen MR) is 244 cm³/mol. The van der Waals surface area contributed by atoms with Crippen LogP contribution in [0.4, 0.5) is 17.6 Å². The Kier molecular flexibility index (Phi) is 20.5. The summed E-state index contributed by atoms with van der Waals surface area (Å²) in [5, 5.41) is 0. The van der Waals surface area contributed by atoms with E-state index in [1.165, 1.54) is 115 Å². The van der Waals surface area contributed by atoms with Crippen LogP contribution in [-0.2, 0) is 9.47 Å². The lowest BCUT2D eigenvalue weighted by atomic mass is 9.75. The molecule has 352 valence electrons. The molecule has 2 nitrogen and oxygen atoms in total. The minimum atomic E-state index is -4.70. The van der Waals surface area contributed by atoms with E-state index in [0.29, 0.717) is 12.8 Å². The third kappa shape index (κ3) is 11.9. The van der Waals surface area contributed by atoms with Crippen molar-refractivity contribution < 1.29 is 27.0 Å². The van der Waals surface area contributed by atoms with Crippen molar-refractivity contribution in [2.24, 2.45) is 94.7 Å². The van der Waals surface area contributed by atoms with Gasteiger partial charge in [0.05, 0.1) is 26.4 Å². The largest absolute Gasteiger partial charge is 0.422 e. The first kappa shape index (κ1) is 50.6. The maximum Gasteiger partial charge on any atom is 0.422 e. The lowest BCUT2D eigenvalue weighted by Gasteiger charge is -2.30. The highest BCUT2D eigenvalue weighted by Crippen LogP contribution is 2.64. The van der Waals surface area contributed by atoms with E-state index < -0.39 is 17.8 Å². The van der Waals surface area contributed by atoms with E-state index in [4.69, 9.17) is 9.47 Å². The van der Waals surface area contributed by atoms with Crippen LogP contribution in [0.2, 0.25) is 0 Å². The lowest BCUT2D eigenvalue weighted by Crippen LogP contribution is -2.43. The molecule has 2 bridgehead atoms. The summed E-state index contributed by atoms with van der Waals surface area (Å²) >= 11 is 0. The highest BCUT2D eigenvalue weighted by molar-refractivity contribution is 5.05. The van der Waals surface area contributed by atoms with Gasteiger partial charge in [0.15, 0.2) is 0 Å². The zero-order valence-corrected chi connectivity index (χ0v) is 40.4. The van der Waals surface area contributed by atoms with Gasteiger partial charge in [-0.25, -0.2) is 4.39 Å². The summed E-state index contributed by atoms with van der Waals surface area (Å²) in [7, 11) is 0. The lowest BCUT2D eigenvalue weighted by molar-refractivity contribution is -0.243. The average molecular weight is 853 g/mol. The van der Waals surface area contributed by atoms with Crippen molar-refractivity contribution in [2.75, 3.05) is 26.4 Å². The van der Waals surface area contributed by atoms with Crippen molar-refractivity contribution >= 4 is 0 Å². The molecule has 0 aromatic rings. The number of alkyl halides is 4.